The molecule has 1 fully saturated rings. The van der Waals surface area contributed by atoms with Gasteiger partial charge in [-0.15, -0.1) is 0 Å². The van der Waals surface area contributed by atoms with Gasteiger partial charge < -0.3 is 15.6 Å². The van der Waals surface area contributed by atoms with Gasteiger partial charge in [-0.1, -0.05) is 0 Å². The Hall–Kier alpha value is -2.95. The molecule has 124 valence electrons. The SMILES string of the molecule is C[C@H](C#N)NC(=O)CCNC(=O)c1c[nH]c2ncc(C3CC3)nc12. The third kappa shape index (κ3) is 3.51. The van der Waals surface area contributed by atoms with Crippen LogP contribution in [0.1, 0.15) is 48.2 Å². The molecule has 2 amide bonds. The molecule has 2 aromatic rings. The first-order valence-corrected chi connectivity index (χ1v) is 7.89. The van der Waals surface area contributed by atoms with E-state index in [-0.39, 0.29) is 24.8 Å². The Balaban J connectivity index is 1.61. The lowest BCUT2D eigenvalue weighted by molar-refractivity contribution is -0.121. The van der Waals surface area contributed by atoms with Crippen LogP contribution in [0.5, 0.6) is 0 Å². The van der Waals surface area contributed by atoms with E-state index in [2.05, 4.69) is 25.6 Å². The molecule has 2 heterocycles. The fraction of sp³-hybridized carbons (Fsp3) is 0.438. The second-order valence-corrected chi connectivity index (χ2v) is 5.89. The molecular formula is C16H18N6O2. The van der Waals surface area contributed by atoms with E-state index in [1.165, 1.54) is 0 Å². The number of aromatic amines is 1. The van der Waals surface area contributed by atoms with Gasteiger partial charge in [0, 0.05) is 25.1 Å². The van der Waals surface area contributed by atoms with Crippen molar-refractivity contribution >= 4 is 23.0 Å². The lowest BCUT2D eigenvalue weighted by atomic mass is 10.2. The second-order valence-electron chi connectivity index (χ2n) is 5.89. The molecule has 1 atom stereocenters. The molecule has 0 aromatic carbocycles. The van der Waals surface area contributed by atoms with E-state index in [1.54, 1.807) is 19.3 Å². The van der Waals surface area contributed by atoms with Crippen molar-refractivity contribution in [1.29, 1.82) is 5.26 Å². The fourth-order valence-electron chi connectivity index (χ4n) is 2.38. The Morgan fingerprint density at radius 2 is 2.29 bits per heavy atom. The standard InChI is InChI=1S/C16H18N6O2/c1-9(6-17)21-13(23)4-5-18-16(24)11-7-19-15-14(11)22-12(8-20-15)10-2-3-10/h7-10H,2-5H2,1H3,(H,18,24)(H,19,20)(H,21,23)/t9-/m1/s1. The fourth-order valence-corrected chi connectivity index (χ4v) is 2.38. The highest BCUT2D eigenvalue weighted by atomic mass is 16.2. The van der Waals surface area contributed by atoms with E-state index in [1.807, 2.05) is 6.07 Å². The van der Waals surface area contributed by atoms with Gasteiger partial charge in [-0.25, -0.2) is 9.97 Å². The van der Waals surface area contributed by atoms with Crippen molar-refractivity contribution in [2.45, 2.75) is 38.1 Å². The molecule has 1 aliphatic rings. The topological polar surface area (TPSA) is 124 Å². The highest BCUT2D eigenvalue weighted by Gasteiger charge is 2.26. The average molecular weight is 326 g/mol. The second kappa shape index (κ2) is 6.66. The lowest BCUT2D eigenvalue weighted by Gasteiger charge is -2.07. The van der Waals surface area contributed by atoms with E-state index >= 15 is 0 Å². The highest BCUT2D eigenvalue weighted by molar-refractivity contribution is 6.04. The summed E-state index contributed by atoms with van der Waals surface area (Å²) in [4.78, 5) is 35.7. The first-order chi connectivity index (χ1) is 11.6. The van der Waals surface area contributed by atoms with Crippen LogP contribution in [0.2, 0.25) is 0 Å². The van der Waals surface area contributed by atoms with Crippen molar-refractivity contribution in [1.82, 2.24) is 25.6 Å². The number of hydrogen-bond acceptors (Lipinski definition) is 5. The van der Waals surface area contributed by atoms with E-state index in [9.17, 15) is 9.59 Å². The van der Waals surface area contributed by atoms with Crippen molar-refractivity contribution in [3.63, 3.8) is 0 Å². The van der Waals surface area contributed by atoms with Crippen molar-refractivity contribution < 1.29 is 9.59 Å². The van der Waals surface area contributed by atoms with Gasteiger partial charge in [-0.05, 0) is 19.8 Å². The third-order valence-corrected chi connectivity index (χ3v) is 3.85. The number of nitriles is 1. The van der Waals surface area contributed by atoms with Gasteiger partial charge in [0.25, 0.3) is 5.91 Å². The Morgan fingerprint density at radius 1 is 1.50 bits per heavy atom. The van der Waals surface area contributed by atoms with Crippen LogP contribution in [0.25, 0.3) is 11.2 Å². The molecule has 3 rings (SSSR count). The van der Waals surface area contributed by atoms with Gasteiger partial charge in [0.2, 0.25) is 5.91 Å². The van der Waals surface area contributed by atoms with Crippen molar-refractivity contribution in [2.75, 3.05) is 6.54 Å². The minimum absolute atomic E-state index is 0.110. The number of hydrogen-bond donors (Lipinski definition) is 3. The zero-order valence-corrected chi connectivity index (χ0v) is 13.3. The van der Waals surface area contributed by atoms with E-state index < -0.39 is 6.04 Å². The maximum Gasteiger partial charge on any atom is 0.255 e. The number of amides is 2. The molecule has 2 aromatic heterocycles. The number of aromatic nitrogens is 3. The molecule has 0 saturated heterocycles. The van der Waals surface area contributed by atoms with Crippen molar-refractivity contribution in [3.8, 4) is 6.07 Å². The molecule has 0 spiro atoms. The summed E-state index contributed by atoms with van der Waals surface area (Å²) in [5.41, 5.74) is 2.47. The Labute approximate surface area is 138 Å². The summed E-state index contributed by atoms with van der Waals surface area (Å²) in [7, 11) is 0. The van der Waals surface area contributed by atoms with Gasteiger partial charge in [-0.2, -0.15) is 5.26 Å². The van der Waals surface area contributed by atoms with Crippen LogP contribution in [0, 0.1) is 11.3 Å². The summed E-state index contributed by atoms with van der Waals surface area (Å²) >= 11 is 0. The summed E-state index contributed by atoms with van der Waals surface area (Å²) in [5.74, 6) is -0.123. The third-order valence-electron chi connectivity index (χ3n) is 3.85. The first kappa shape index (κ1) is 15.9. The van der Waals surface area contributed by atoms with Gasteiger partial charge >= 0.3 is 0 Å². The average Bonchev–Trinajstić information content (AvgIpc) is 3.33. The molecule has 8 heteroatoms. The van der Waals surface area contributed by atoms with Crippen LogP contribution >= 0.6 is 0 Å². The predicted molar refractivity (Wildman–Crippen MR) is 86.0 cm³/mol. The Bertz CT molecular complexity index is 818. The number of carbonyl (C=O) groups excluding carboxylic acids is 2. The summed E-state index contributed by atoms with van der Waals surface area (Å²) in [6.07, 6.45) is 5.66. The monoisotopic (exact) mass is 326 g/mol. The van der Waals surface area contributed by atoms with Crippen LogP contribution < -0.4 is 10.6 Å². The summed E-state index contributed by atoms with van der Waals surface area (Å²) in [5, 5.41) is 13.8. The van der Waals surface area contributed by atoms with E-state index in [0.29, 0.717) is 22.6 Å². The molecule has 0 bridgehead atoms. The van der Waals surface area contributed by atoms with Crippen LogP contribution in [0.3, 0.4) is 0 Å². The number of carbonyl (C=O) groups is 2. The van der Waals surface area contributed by atoms with Gasteiger partial charge in [0.1, 0.15) is 11.6 Å². The summed E-state index contributed by atoms with van der Waals surface area (Å²) in [6, 6.07) is 1.37. The zero-order valence-electron chi connectivity index (χ0n) is 13.3. The maximum atomic E-state index is 12.3. The quantitative estimate of drug-likeness (QED) is 0.730. The maximum absolute atomic E-state index is 12.3. The molecule has 0 aliphatic heterocycles. The Kier molecular flexibility index (Phi) is 4.42. The smallest absolute Gasteiger partial charge is 0.255 e. The first-order valence-electron chi connectivity index (χ1n) is 7.89. The normalized spacial score (nSPS) is 14.8. The number of rotatable bonds is 6. The lowest BCUT2D eigenvalue weighted by Crippen LogP contribution is -2.34. The van der Waals surface area contributed by atoms with E-state index in [4.69, 9.17) is 5.26 Å². The van der Waals surface area contributed by atoms with Gasteiger partial charge in [0.15, 0.2) is 5.65 Å². The summed E-state index contributed by atoms with van der Waals surface area (Å²) < 4.78 is 0. The molecule has 1 saturated carbocycles. The molecule has 0 radical (unpaired) electrons. The van der Waals surface area contributed by atoms with E-state index in [0.717, 1.165) is 18.5 Å². The Morgan fingerprint density at radius 3 is 3.00 bits per heavy atom. The minimum Gasteiger partial charge on any atom is -0.351 e. The largest absolute Gasteiger partial charge is 0.351 e. The van der Waals surface area contributed by atoms with Gasteiger partial charge in [-0.3, -0.25) is 9.59 Å². The highest BCUT2D eigenvalue weighted by Crippen LogP contribution is 2.39. The molecular weight excluding hydrogens is 308 g/mol. The predicted octanol–water partition coefficient (Wildman–Crippen LogP) is 0.983. The zero-order chi connectivity index (χ0) is 17.1. The number of H-pyrrole nitrogens is 1. The number of fused-ring (bicyclic) bond motifs is 1. The minimum atomic E-state index is -0.544. The molecule has 24 heavy (non-hydrogen) atoms. The molecule has 0 unspecified atom stereocenters. The number of nitrogens with one attached hydrogen (secondary N) is 3. The van der Waals surface area contributed by atoms with Crippen molar-refractivity contribution in [2.24, 2.45) is 0 Å². The summed E-state index contributed by atoms with van der Waals surface area (Å²) in [6.45, 7) is 1.78. The van der Waals surface area contributed by atoms with Crippen LogP contribution in [-0.2, 0) is 4.79 Å². The molecule has 3 N–H and O–H groups in total. The van der Waals surface area contributed by atoms with Gasteiger partial charge in [0.05, 0.1) is 23.5 Å². The number of nitrogens with zero attached hydrogens (tertiary/aromatic N) is 3. The van der Waals surface area contributed by atoms with Crippen LogP contribution in [0.15, 0.2) is 12.4 Å². The molecule has 8 nitrogen and oxygen atoms in total. The molecule has 1 aliphatic carbocycles. The van der Waals surface area contributed by atoms with Crippen molar-refractivity contribution in [3.05, 3.63) is 23.7 Å². The van der Waals surface area contributed by atoms with Crippen LogP contribution in [-0.4, -0.2) is 39.4 Å². The van der Waals surface area contributed by atoms with Crippen LogP contribution in [0.4, 0.5) is 0 Å².